The van der Waals surface area contributed by atoms with Gasteiger partial charge in [-0.05, 0) is 67.4 Å². The van der Waals surface area contributed by atoms with Gasteiger partial charge < -0.3 is 14.6 Å². The summed E-state index contributed by atoms with van der Waals surface area (Å²) < 4.78 is 11.2. The van der Waals surface area contributed by atoms with Crippen LogP contribution in [0, 0.1) is 6.92 Å². The van der Waals surface area contributed by atoms with Gasteiger partial charge in [0.25, 0.3) is 0 Å². The average molecular weight is 474 g/mol. The van der Waals surface area contributed by atoms with Crippen molar-refractivity contribution in [2.75, 3.05) is 6.61 Å². The summed E-state index contributed by atoms with van der Waals surface area (Å²) in [6.07, 6.45) is 10.3. The predicted molar refractivity (Wildman–Crippen MR) is 141 cm³/mol. The van der Waals surface area contributed by atoms with Gasteiger partial charge in [0.05, 0.1) is 17.9 Å². The molecule has 0 aliphatic heterocycles. The first kappa shape index (κ1) is 26.0. The molecule has 0 saturated carbocycles. The maximum absolute atomic E-state index is 12.5. The number of aromatic hydroxyl groups is 1. The molecule has 0 heterocycles. The molecule has 0 bridgehead atoms. The monoisotopic (exact) mass is 473 g/mol. The van der Waals surface area contributed by atoms with Gasteiger partial charge in [-0.2, -0.15) is 0 Å². The number of nitrogens with zero attached hydrogens (tertiary/aromatic N) is 1. The molecule has 184 valence electrons. The fraction of sp³-hybridized carbons (Fsp3) is 0.333. The van der Waals surface area contributed by atoms with E-state index in [-0.39, 0.29) is 11.5 Å². The van der Waals surface area contributed by atoms with E-state index >= 15 is 0 Å². The minimum absolute atomic E-state index is 0.0131. The summed E-state index contributed by atoms with van der Waals surface area (Å²) in [5.41, 5.74) is 2.86. The van der Waals surface area contributed by atoms with Gasteiger partial charge in [0.2, 0.25) is 0 Å². The fourth-order valence-corrected chi connectivity index (χ4v) is 3.65. The van der Waals surface area contributed by atoms with E-state index in [0.717, 1.165) is 23.4 Å². The Hall–Kier alpha value is -3.60. The van der Waals surface area contributed by atoms with E-state index in [2.05, 4.69) is 11.9 Å². The molecule has 0 atom stereocenters. The Bertz CT molecular complexity index is 1110. The van der Waals surface area contributed by atoms with E-state index in [1.165, 1.54) is 44.6 Å². The standard InChI is InChI=1S/C30H35NO4/c1-3-4-5-6-7-8-9-19-34-27-16-13-24(14-17-27)30(33)35-28-18-15-25(29(32)21-28)22-31-26-12-10-11-23(2)20-26/h10-18,20-22,32H,3-9,19H2,1-2H3. The molecule has 0 unspecified atom stereocenters. The first-order chi connectivity index (χ1) is 17.0. The lowest BCUT2D eigenvalue weighted by atomic mass is 10.1. The van der Waals surface area contributed by atoms with Crippen LogP contribution in [0.5, 0.6) is 17.2 Å². The van der Waals surface area contributed by atoms with Crippen LogP contribution >= 0.6 is 0 Å². The molecule has 1 N–H and O–H groups in total. The van der Waals surface area contributed by atoms with Crippen LogP contribution in [0.25, 0.3) is 0 Å². The van der Waals surface area contributed by atoms with E-state index in [1.54, 1.807) is 42.6 Å². The number of phenols is 1. The number of aryl methyl sites for hydroxylation is 1. The second kappa shape index (κ2) is 14.0. The number of carbonyl (C=O) groups excluding carboxylic acids is 1. The molecule has 0 aromatic heterocycles. The van der Waals surface area contributed by atoms with Crippen LogP contribution in [-0.4, -0.2) is 23.9 Å². The summed E-state index contributed by atoms with van der Waals surface area (Å²) in [5.74, 6) is 0.493. The summed E-state index contributed by atoms with van der Waals surface area (Å²) in [6, 6.07) is 19.4. The van der Waals surface area contributed by atoms with Gasteiger partial charge in [-0.3, -0.25) is 4.99 Å². The number of aliphatic imine (C=N–C) groups is 1. The molecule has 0 radical (unpaired) electrons. The Morgan fingerprint density at radius 2 is 1.60 bits per heavy atom. The number of rotatable bonds is 13. The maximum atomic E-state index is 12.5. The van der Waals surface area contributed by atoms with Crippen molar-refractivity contribution in [3.8, 4) is 17.2 Å². The summed E-state index contributed by atoms with van der Waals surface area (Å²) in [5, 5.41) is 10.3. The highest BCUT2D eigenvalue weighted by molar-refractivity contribution is 5.91. The molecular weight excluding hydrogens is 438 g/mol. The Kier molecular flexibility index (Phi) is 10.4. The summed E-state index contributed by atoms with van der Waals surface area (Å²) in [6.45, 7) is 4.90. The second-order valence-electron chi connectivity index (χ2n) is 8.70. The molecule has 0 amide bonds. The zero-order chi connectivity index (χ0) is 24.9. The highest BCUT2D eigenvalue weighted by Crippen LogP contribution is 2.24. The Balaban J connectivity index is 1.46. The van der Waals surface area contributed by atoms with Gasteiger partial charge in [-0.25, -0.2) is 4.79 Å². The molecule has 5 heteroatoms. The number of ether oxygens (including phenoxy) is 2. The number of hydrogen-bond donors (Lipinski definition) is 1. The van der Waals surface area contributed by atoms with Crippen LogP contribution in [0.2, 0.25) is 0 Å². The maximum Gasteiger partial charge on any atom is 0.343 e. The zero-order valence-electron chi connectivity index (χ0n) is 20.7. The van der Waals surface area contributed by atoms with Crippen molar-refractivity contribution in [1.82, 2.24) is 0 Å². The molecule has 3 aromatic rings. The Morgan fingerprint density at radius 3 is 2.31 bits per heavy atom. The lowest BCUT2D eigenvalue weighted by Gasteiger charge is -2.08. The minimum Gasteiger partial charge on any atom is -0.507 e. The third-order valence-corrected chi connectivity index (χ3v) is 5.67. The number of esters is 1. The lowest BCUT2D eigenvalue weighted by Crippen LogP contribution is -2.08. The van der Waals surface area contributed by atoms with Crippen LogP contribution < -0.4 is 9.47 Å². The summed E-state index contributed by atoms with van der Waals surface area (Å²) in [4.78, 5) is 16.9. The van der Waals surface area contributed by atoms with E-state index < -0.39 is 5.97 Å². The summed E-state index contributed by atoms with van der Waals surface area (Å²) >= 11 is 0. The number of hydrogen-bond acceptors (Lipinski definition) is 5. The second-order valence-corrected chi connectivity index (χ2v) is 8.70. The number of unbranched alkanes of at least 4 members (excludes halogenated alkanes) is 6. The molecule has 5 nitrogen and oxygen atoms in total. The van der Waals surface area contributed by atoms with Crippen molar-refractivity contribution in [3.05, 3.63) is 83.4 Å². The van der Waals surface area contributed by atoms with E-state index in [0.29, 0.717) is 17.7 Å². The minimum atomic E-state index is -0.496. The quantitative estimate of drug-likeness (QED) is 0.119. The van der Waals surface area contributed by atoms with Crippen LogP contribution in [0.15, 0.2) is 71.7 Å². The van der Waals surface area contributed by atoms with Crippen molar-refractivity contribution in [1.29, 1.82) is 0 Å². The first-order valence-corrected chi connectivity index (χ1v) is 12.4. The van der Waals surface area contributed by atoms with Crippen molar-refractivity contribution in [3.63, 3.8) is 0 Å². The third-order valence-electron chi connectivity index (χ3n) is 5.67. The first-order valence-electron chi connectivity index (χ1n) is 12.4. The van der Waals surface area contributed by atoms with Crippen molar-refractivity contribution < 1.29 is 19.4 Å². The van der Waals surface area contributed by atoms with Gasteiger partial charge in [-0.1, -0.05) is 57.6 Å². The topological polar surface area (TPSA) is 68.1 Å². The fourth-order valence-electron chi connectivity index (χ4n) is 3.65. The number of phenolic OH excluding ortho intramolecular Hbond substituents is 1. The van der Waals surface area contributed by atoms with Crippen LogP contribution in [0.3, 0.4) is 0 Å². The smallest absolute Gasteiger partial charge is 0.343 e. The molecule has 3 aromatic carbocycles. The molecule has 0 spiro atoms. The normalized spacial score (nSPS) is 11.0. The van der Waals surface area contributed by atoms with E-state index in [9.17, 15) is 9.90 Å². The van der Waals surface area contributed by atoms with Crippen LogP contribution in [0.1, 0.15) is 73.4 Å². The molecule has 0 saturated heterocycles. The van der Waals surface area contributed by atoms with Gasteiger partial charge in [0.15, 0.2) is 0 Å². The van der Waals surface area contributed by atoms with Crippen molar-refractivity contribution >= 4 is 17.9 Å². The Labute approximate surface area is 208 Å². The van der Waals surface area contributed by atoms with Crippen molar-refractivity contribution in [2.24, 2.45) is 4.99 Å². The predicted octanol–water partition coefficient (Wildman–Crippen LogP) is 7.80. The number of benzene rings is 3. The third kappa shape index (κ3) is 8.93. The zero-order valence-corrected chi connectivity index (χ0v) is 20.7. The molecule has 0 aliphatic carbocycles. The van der Waals surface area contributed by atoms with Gasteiger partial charge in [0, 0.05) is 17.8 Å². The number of carbonyl (C=O) groups is 1. The van der Waals surface area contributed by atoms with Crippen LogP contribution in [0.4, 0.5) is 5.69 Å². The highest BCUT2D eigenvalue weighted by Gasteiger charge is 2.10. The molecule has 3 rings (SSSR count). The summed E-state index contributed by atoms with van der Waals surface area (Å²) in [7, 11) is 0. The average Bonchev–Trinajstić information content (AvgIpc) is 2.85. The Morgan fingerprint density at radius 1 is 0.886 bits per heavy atom. The highest BCUT2D eigenvalue weighted by atomic mass is 16.5. The van der Waals surface area contributed by atoms with E-state index in [1.807, 2.05) is 31.2 Å². The molecular formula is C30H35NO4. The molecule has 35 heavy (non-hydrogen) atoms. The SMILES string of the molecule is CCCCCCCCCOc1ccc(C(=O)Oc2ccc(C=Nc3cccc(C)c3)c(O)c2)cc1. The van der Waals surface area contributed by atoms with Gasteiger partial charge in [-0.15, -0.1) is 0 Å². The largest absolute Gasteiger partial charge is 0.507 e. The van der Waals surface area contributed by atoms with Gasteiger partial charge >= 0.3 is 5.97 Å². The lowest BCUT2D eigenvalue weighted by molar-refractivity contribution is 0.0734. The van der Waals surface area contributed by atoms with Gasteiger partial charge in [0.1, 0.15) is 17.2 Å². The van der Waals surface area contributed by atoms with Crippen molar-refractivity contribution in [2.45, 2.75) is 58.8 Å². The molecule has 0 aliphatic rings. The molecule has 0 fully saturated rings. The van der Waals surface area contributed by atoms with E-state index in [4.69, 9.17) is 9.47 Å². The van der Waals surface area contributed by atoms with Crippen LogP contribution in [-0.2, 0) is 0 Å².